The van der Waals surface area contributed by atoms with Crippen LogP contribution in [0.4, 0.5) is 5.95 Å². The molecule has 0 bridgehead atoms. The number of carbonyl (C=O) groups is 1. The predicted molar refractivity (Wildman–Crippen MR) is 134 cm³/mol. The number of hydrogen-bond donors (Lipinski definition) is 0. The van der Waals surface area contributed by atoms with Crippen molar-refractivity contribution in [1.82, 2.24) is 14.9 Å². The summed E-state index contributed by atoms with van der Waals surface area (Å²) in [7, 11) is 1.64. The van der Waals surface area contributed by atoms with E-state index in [0.29, 0.717) is 38.0 Å². The van der Waals surface area contributed by atoms with E-state index in [1.165, 1.54) is 0 Å². The second-order valence-corrected chi connectivity index (χ2v) is 8.98. The maximum absolute atomic E-state index is 13.8. The molecule has 2 aliphatic rings. The summed E-state index contributed by atoms with van der Waals surface area (Å²) in [6.45, 7) is 7.02. The highest BCUT2D eigenvalue weighted by atomic mass is 16.5. The Kier molecular flexibility index (Phi) is 6.61. The molecule has 8 nitrogen and oxygen atoms in total. The lowest BCUT2D eigenvalue weighted by atomic mass is 10.1. The minimum atomic E-state index is -0.274. The van der Waals surface area contributed by atoms with Gasteiger partial charge in [-0.1, -0.05) is 12.1 Å². The van der Waals surface area contributed by atoms with Gasteiger partial charge >= 0.3 is 0 Å². The average molecular weight is 477 g/mol. The topological polar surface area (TPSA) is 77.0 Å². The van der Waals surface area contributed by atoms with Crippen LogP contribution in [0.3, 0.4) is 0 Å². The summed E-state index contributed by atoms with van der Waals surface area (Å²) in [5, 5.41) is 0.969. The fourth-order valence-electron chi connectivity index (χ4n) is 5.02. The van der Waals surface area contributed by atoms with Crippen molar-refractivity contribution < 1.29 is 19.0 Å². The molecule has 0 N–H and O–H groups in total. The van der Waals surface area contributed by atoms with E-state index in [2.05, 4.69) is 4.90 Å². The third-order valence-electron chi connectivity index (χ3n) is 6.72. The number of aryl methyl sites for hydroxylation is 1. The van der Waals surface area contributed by atoms with Crippen molar-refractivity contribution >= 4 is 22.8 Å². The number of anilines is 1. The SMILES string of the molecule is CCOc1ccc2nc(N3CCCC3C(=O)N3CCCOc4c(cccc4OC)C3)nc(C)c2c1. The number of fused-ring (bicyclic) bond motifs is 2. The van der Waals surface area contributed by atoms with Gasteiger partial charge in [-0.2, -0.15) is 0 Å². The van der Waals surface area contributed by atoms with E-state index in [1.54, 1.807) is 7.11 Å². The monoisotopic (exact) mass is 476 g/mol. The van der Waals surface area contributed by atoms with E-state index in [4.69, 9.17) is 24.2 Å². The van der Waals surface area contributed by atoms with Crippen LogP contribution < -0.4 is 19.1 Å². The van der Waals surface area contributed by atoms with Crippen molar-refractivity contribution in [1.29, 1.82) is 0 Å². The van der Waals surface area contributed by atoms with Gasteiger partial charge in [0.2, 0.25) is 11.9 Å². The fourth-order valence-corrected chi connectivity index (χ4v) is 5.02. The molecule has 5 rings (SSSR count). The molecular weight excluding hydrogens is 444 g/mol. The molecule has 1 atom stereocenters. The van der Waals surface area contributed by atoms with Gasteiger partial charge in [-0.25, -0.2) is 9.97 Å². The number of rotatable bonds is 5. The van der Waals surface area contributed by atoms with Gasteiger partial charge in [-0.05, 0) is 57.4 Å². The normalized spacial score (nSPS) is 18.0. The third kappa shape index (κ3) is 4.57. The molecule has 0 aliphatic carbocycles. The molecule has 1 unspecified atom stereocenters. The standard InChI is InChI=1S/C27H32N4O4/c1-4-34-20-11-12-22-21(16-20)18(2)28-27(29-22)31-14-6-9-23(31)26(32)30-13-7-15-35-25-19(17-30)8-5-10-24(25)33-3/h5,8,10-12,16,23H,4,6-7,9,13-15,17H2,1-3H3. The maximum atomic E-state index is 13.8. The van der Waals surface area contributed by atoms with Gasteiger partial charge in [0.15, 0.2) is 11.5 Å². The quantitative estimate of drug-likeness (QED) is 0.548. The molecule has 1 aromatic heterocycles. The molecule has 1 fully saturated rings. The number of hydrogen-bond acceptors (Lipinski definition) is 7. The zero-order valence-corrected chi connectivity index (χ0v) is 20.6. The van der Waals surface area contributed by atoms with Gasteiger partial charge in [0.25, 0.3) is 0 Å². The lowest BCUT2D eigenvalue weighted by Gasteiger charge is -2.32. The summed E-state index contributed by atoms with van der Waals surface area (Å²) >= 11 is 0. The third-order valence-corrected chi connectivity index (χ3v) is 6.72. The molecule has 0 spiro atoms. The molecule has 35 heavy (non-hydrogen) atoms. The molecule has 0 radical (unpaired) electrons. The van der Waals surface area contributed by atoms with E-state index in [9.17, 15) is 4.79 Å². The first kappa shape index (κ1) is 23.2. The number of ether oxygens (including phenoxy) is 3. The average Bonchev–Trinajstić information content (AvgIpc) is 3.34. The van der Waals surface area contributed by atoms with Crippen molar-refractivity contribution in [3.63, 3.8) is 0 Å². The number of aromatic nitrogens is 2. The van der Waals surface area contributed by atoms with Gasteiger partial charge in [-0.15, -0.1) is 0 Å². The molecule has 2 aliphatic heterocycles. The van der Waals surface area contributed by atoms with Crippen LogP contribution in [0.5, 0.6) is 17.2 Å². The molecule has 0 saturated carbocycles. The van der Waals surface area contributed by atoms with E-state index < -0.39 is 0 Å². The highest BCUT2D eigenvalue weighted by Crippen LogP contribution is 2.34. The Bertz CT molecular complexity index is 1230. The number of methoxy groups -OCH3 is 1. The minimum Gasteiger partial charge on any atom is -0.494 e. The van der Waals surface area contributed by atoms with Crippen molar-refractivity contribution in [2.75, 3.05) is 38.3 Å². The van der Waals surface area contributed by atoms with Crippen LogP contribution in [-0.4, -0.2) is 60.2 Å². The maximum Gasteiger partial charge on any atom is 0.245 e. The first-order valence-electron chi connectivity index (χ1n) is 12.3. The Hall–Kier alpha value is -3.55. The van der Waals surface area contributed by atoms with E-state index in [1.807, 2.05) is 55.1 Å². The van der Waals surface area contributed by atoms with Crippen LogP contribution in [0, 0.1) is 6.92 Å². The Morgan fingerprint density at radius 2 is 2.06 bits per heavy atom. The Balaban J connectivity index is 1.41. The zero-order valence-electron chi connectivity index (χ0n) is 20.6. The van der Waals surface area contributed by atoms with Crippen LogP contribution in [0.2, 0.25) is 0 Å². The van der Waals surface area contributed by atoms with Gasteiger partial charge in [0, 0.05) is 30.6 Å². The van der Waals surface area contributed by atoms with Crippen LogP contribution in [0.25, 0.3) is 10.9 Å². The number of benzene rings is 2. The summed E-state index contributed by atoms with van der Waals surface area (Å²) in [6, 6.07) is 11.4. The van der Waals surface area contributed by atoms with Crippen molar-refractivity contribution in [3.8, 4) is 17.2 Å². The van der Waals surface area contributed by atoms with Gasteiger partial charge in [0.1, 0.15) is 11.8 Å². The van der Waals surface area contributed by atoms with Gasteiger partial charge in [0.05, 0.1) is 31.5 Å². The Morgan fingerprint density at radius 1 is 1.17 bits per heavy atom. The van der Waals surface area contributed by atoms with E-state index in [0.717, 1.165) is 59.5 Å². The van der Waals surface area contributed by atoms with E-state index >= 15 is 0 Å². The van der Waals surface area contributed by atoms with Crippen molar-refractivity contribution in [2.45, 2.75) is 45.7 Å². The van der Waals surface area contributed by atoms with Gasteiger partial charge in [-0.3, -0.25) is 4.79 Å². The fraction of sp³-hybridized carbons (Fsp3) is 0.444. The smallest absolute Gasteiger partial charge is 0.245 e. The summed E-state index contributed by atoms with van der Waals surface area (Å²) in [4.78, 5) is 27.5. The molecule has 2 aromatic carbocycles. The minimum absolute atomic E-state index is 0.117. The van der Waals surface area contributed by atoms with Crippen LogP contribution in [-0.2, 0) is 11.3 Å². The number of carbonyl (C=O) groups excluding carboxylic acids is 1. The number of nitrogens with zero attached hydrogens (tertiary/aromatic N) is 4. The molecule has 1 amide bonds. The summed E-state index contributed by atoms with van der Waals surface area (Å²) in [5.74, 6) is 2.98. The lowest BCUT2D eigenvalue weighted by Crippen LogP contribution is -2.47. The Labute approximate surface area is 205 Å². The highest BCUT2D eigenvalue weighted by Gasteiger charge is 2.36. The molecular formula is C27H32N4O4. The number of para-hydroxylation sites is 1. The molecule has 3 aromatic rings. The van der Waals surface area contributed by atoms with Crippen molar-refractivity contribution in [3.05, 3.63) is 47.7 Å². The predicted octanol–water partition coefficient (Wildman–Crippen LogP) is 4.13. The van der Waals surface area contributed by atoms with Crippen molar-refractivity contribution in [2.24, 2.45) is 0 Å². The molecule has 8 heteroatoms. The van der Waals surface area contributed by atoms with Crippen LogP contribution in [0.1, 0.15) is 37.4 Å². The summed E-state index contributed by atoms with van der Waals surface area (Å²) < 4.78 is 17.1. The molecule has 1 saturated heterocycles. The van der Waals surface area contributed by atoms with Gasteiger partial charge < -0.3 is 24.0 Å². The second-order valence-electron chi connectivity index (χ2n) is 8.98. The number of amides is 1. The zero-order chi connectivity index (χ0) is 24.4. The van der Waals surface area contributed by atoms with Crippen LogP contribution >= 0.6 is 0 Å². The van der Waals surface area contributed by atoms with Crippen LogP contribution in [0.15, 0.2) is 36.4 Å². The molecule has 3 heterocycles. The second kappa shape index (κ2) is 9.98. The summed E-state index contributed by atoms with van der Waals surface area (Å²) in [6.07, 6.45) is 2.49. The first-order valence-corrected chi connectivity index (χ1v) is 12.3. The highest BCUT2D eigenvalue weighted by molar-refractivity contribution is 5.87. The summed E-state index contributed by atoms with van der Waals surface area (Å²) in [5.41, 5.74) is 2.71. The van der Waals surface area contributed by atoms with E-state index in [-0.39, 0.29) is 11.9 Å². The molecule has 184 valence electrons. The first-order chi connectivity index (χ1) is 17.1. The largest absolute Gasteiger partial charge is 0.494 e. The lowest BCUT2D eigenvalue weighted by molar-refractivity contribution is -0.133. The Morgan fingerprint density at radius 3 is 2.89 bits per heavy atom.